The number of phenolic OH excluding ortho intramolecular Hbond substituents is 1. The molecular formula is C23H27NO3. The Labute approximate surface area is 160 Å². The van der Waals surface area contributed by atoms with E-state index >= 15 is 0 Å². The van der Waals surface area contributed by atoms with Crippen LogP contribution in [0.3, 0.4) is 0 Å². The molecule has 0 saturated heterocycles. The maximum absolute atomic E-state index is 9.97. The van der Waals surface area contributed by atoms with Crippen LogP contribution in [0.5, 0.6) is 17.2 Å². The Morgan fingerprint density at radius 1 is 1.19 bits per heavy atom. The summed E-state index contributed by atoms with van der Waals surface area (Å²) in [7, 11) is 1.58. The number of fused-ring (bicyclic) bond motifs is 3. The van der Waals surface area contributed by atoms with E-state index in [1.54, 1.807) is 13.2 Å². The Balaban J connectivity index is 1.73. The molecule has 0 amide bonds. The molecule has 27 heavy (non-hydrogen) atoms. The van der Waals surface area contributed by atoms with E-state index in [1.807, 2.05) is 18.2 Å². The van der Waals surface area contributed by atoms with Crippen molar-refractivity contribution in [2.45, 2.75) is 32.2 Å². The van der Waals surface area contributed by atoms with Crippen molar-refractivity contribution in [1.82, 2.24) is 0 Å². The lowest BCUT2D eigenvalue weighted by Crippen LogP contribution is -2.29. The summed E-state index contributed by atoms with van der Waals surface area (Å²) in [6.07, 6.45) is 5.63. The van der Waals surface area contributed by atoms with Crippen LogP contribution < -0.4 is 14.8 Å². The Kier molecular flexibility index (Phi) is 4.73. The molecule has 4 nitrogen and oxygen atoms in total. The molecule has 2 aromatic rings. The lowest BCUT2D eigenvalue weighted by Gasteiger charge is -2.38. The van der Waals surface area contributed by atoms with Crippen LogP contribution in [0.2, 0.25) is 0 Å². The zero-order chi connectivity index (χ0) is 19.0. The van der Waals surface area contributed by atoms with Crippen molar-refractivity contribution in [2.75, 3.05) is 19.0 Å². The number of allylic oxidation sites excluding steroid dienone is 2. The number of methoxy groups -OCH3 is 1. The molecule has 1 aliphatic carbocycles. The van der Waals surface area contributed by atoms with Gasteiger partial charge in [0.05, 0.1) is 25.4 Å². The summed E-state index contributed by atoms with van der Waals surface area (Å²) in [5, 5.41) is 13.7. The summed E-state index contributed by atoms with van der Waals surface area (Å²) in [4.78, 5) is 0. The van der Waals surface area contributed by atoms with Crippen molar-refractivity contribution in [3.63, 3.8) is 0 Å². The SMILES string of the molecule is COc1cc(C2Nc3c(OCC(C)C)cccc3C3C=CCC32)ccc1O. The lowest BCUT2D eigenvalue weighted by atomic mass is 9.77. The lowest BCUT2D eigenvalue weighted by molar-refractivity contribution is 0.270. The molecular weight excluding hydrogens is 338 g/mol. The van der Waals surface area contributed by atoms with Crippen LogP contribution in [-0.2, 0) is 0 Å². The van der Waals surface area contributed by atoms with Gasteiger partial charge in [0, 0.05) is 5.92 Å². The molecule has 1 heterocycles. The number of hydrogen-bond donors (Lipinski definition) is 2. The highest BCUT2D eigenvalue weighted by Crippen LogP contribution is 2.52. The smallest absolute Gasteiger partial charge is 0.160 e. The molecule has 1 aliphatic heterocycles. The van der Waals surface area contributed by atoms with E-state index in [9.17, 15) is 5.11 Å². The highest BCUT2D eigenvalue weighted by atomic mass is 16.5. The predicted octanol–water partition coefficient (Wildman–Crippen LogP) is 5.26. The molecule has 4 rings (SSSR count). The number of nitrogens with one attached hydrogen (secondary N) is 1. The second-order valence-corrected chi connectivity index (χ2v) is 7.83. The van der Waals surface area contributed by atoms with Crippen LogP contribution in [0.25, 0.3) is 0 Å². The molecule has 142 valence electrons. The average Bonchev–Trinajstić information content (AvgIpc) is 3.16. The predicted molar refractivity (Wildman–Crippen MR) is 108 cm³/mol. The minimum Gasteiger partial charge on any atom is -0.504 e. The first-order valence-electron chi connectivity index (χ1n) is 9.64. The fourth-order valence-electron chi connectivity index (χ4n) is 4.19. The van der Waals surface area contributed by atoms with Gasteiger partial charge in [-0.3, -0.25) is 0 Å². The Morgan fingerprint density at radius 2 is 2.04 bits per heavy atom. The summed E-state index contributed by atoms with van der Waals surface area (Å²) in [6, 6.07) is 12.1. The third-order valence-electron chi connectivity index (χ3n) is 5.49. The van der Waals surface area contributed by atoms with Crippen LogP contribution in [0, 0.1) is 11.8 Å². The van der Waals surface area contributed by atoms with Gasteiger partial charge < -0.3 is 19.9 Å². The van der Waals surface area contributed by atoms with E-state index in [0.717, 1.165) is 23.4 Å². The maximum Gasteiger partial charge on any atom is 0.160 e. The Morgan fingerprint density at radius 3 is 2.81 bits per heavy atom. The molecule has 0 aromatic heterocycles. The first-order chi connectivity index (χ1) is 13.1. The van der Waals surface area contributed by atoms with E-state index in [0.29, 0.717) is 30.1 Å². The Hall–Kier alpha value is -2.62. The van der Waals surface area contributed by atoms with E-state index in [2.05, 4.69) is 43.4 Å². The monoisotopic (exact) mass is 365 g/mol. The van der Waals surface area contributed by atoms with Crippen LogP contribution in [0.15, 0.2) is 48.6 Å². The fourth-order valence-corrected chi connectivity index (χ4v) is 4.19. The van der Waals surface area contributed by atoms with Gasteiger partial charge in [0.15, 0.2) is 11.5 Å². The second kappa shape index (κ2) is 7.18. The average molecular weight is 365 g/mol. The van der Waals surface area contributed by atoms with E-state index in [1.165, 1.54) is 5.56 Å². The van der Waals surface area contributed by atoms with Crippen molar-refractivity contribution in [3.8, 4) is 17.2 Å². The first-order valence-corrected chi connectivity index (χ1v) is 9.64. The molecule has 0 saturated carbocycles. The van der Waals surface area contributed by atoms with E-state index < -0.39 is 0 Å². The first kappa shape index (κ1) is 17.8. The van der Waals surface area contributed by atoms with Crippen LogP contribution in [0.1, 0.15) is 43.4 Å². The summed E-state index contributed by atoms with van der Waals surface area (Å²) >= 11 is 0. The third-order valence-corrected chi connectivity index (χ3v) is 5.49. The number of anilines is 1. The fraction of sp³-hybridized carbons (Fsp3) is 0.391. The summed E-state index contributed by atoms with van der Waals surface area (Å²) in [5.74, 6) is 2.86. The van der Waals surface area contributed by atoms with Gasteiger partial charge in [-0.15, -0.1) is 0 Å². The number of rotatable bonds is 5. The number of benzene rings is 2. The minimum atomic E-state index is 0.135. The molecule has 2 N–H and O–H groups in total. The molecule has 3 unspecified atom stereocenters. The van der Waals surface area contributed by atoms with Crippen molar-refractivity contribution < 1.29 is 14.6 Å². The normalized spacial score (nSPS) is 22.9. The van der Waals surface area contributed by atoms with Crippen molar-refractivity contribution in [1.29, 1.82) is 0 Å². The van der Waals surface area contributed by atoms with Gasteiger partial charge in [-0.2, -0.15) is 0 Å². The summed E-state index contributed by atoms with van der Waals surface area (Å²) in [5.41, 5.74) is 3.51. The number of hydrogen-bond acceptors (Lipinski definition) is 4. The van der Waals surface area contributed by atoms with Gasteiger partial charge >= 0.3 is 0 Å². The van der Waals surface area contributed by atoms with Gasteiger partial charge in [0.2, 0.25) is 0 Å². The van der Waals surface area contributed by atoms with Gasteiger partial charge in [-0.1, -0.05) is 44.2 Å². The quantitative estimate of drug-likeness (QED) is 0.710. The summed E-state index contributed by atoms with van der Waals surface area (Å²) < 4.78 is 11.4. The zero-order valence-corrected chi connectivity index (χ0v) is 16.1. The zero-order valence-electron chi connectivity index (χ0n) is 16.1. The summed E-state index contributed by atoms with van der Waals surface area (Å²) in [6.45, 7) is 5.01. The van der Waals surface area contributed by atoms with E-state index in [-0.39, 0.29) is 11.8 Å². The minimum absolute atomic E-state index is 0.135. The highest BCUT2D eigenvalue weighted by Gasteiger charge is 2.39. The Bertz CT molecular complexity index is 859. The number of aromatic hydroxyl groups is 1. The topological polar surface area (TPSA) is 50.7 Å². The highest BCUT2D eigenvalue weighted by molar-refractivity contribution is 5.68. The second-order valence-electron chi connectivity index (χ2n) is 7.83. The molecule has 2 aliphatic rings. The third kappa shape index (κ3) is 3.25. The van der Waals surface area contributed by atoms with Crippen LogP contribution >= 0.6 is 0 Å². The van der Waals surface area contributed by atoms with Crippen LogP contribution in [-0.4, -0.2) is 18.8 Å². The molecule has 2 aromatic carbocycles. The number of phenols is 1. The molecule has 0 fully saturated rings. The van der Waals surface area contributed by atoms with Crippen molar-refractivity contribution in [3.05, 3.63) is 59.7 Å². The van der Waals surface area contributed by atoms with Gasteiger partial charge in [-0.05, 0) is 47.6 Å². The van der Waals surface area contributed by atoms with Gasteiger partial charge in [0.25, 0.3) is 0 Å². The van der Waals surface area contributed by atoms with Crippen molar-refractivity contribution >= 4 is 5.69 Å². The molecule has 0 bridgehead atoms. The van der Waals surface area contributed by atoms with E-state index in [4.69, 9.17) is 9.47 Å². The van der Waals surface area contributed by atoms with Crippen molar-refractivity contribution in [2.24, 2.45) is 11.8 Å². The molecule has 4 heteroatoms. The molecule has 0 radical (unpaired) electrons. The maximum atomic E-state index is 9.97. The molecule has 0 spiro atoms. The number of para-hydroxylation sites is 1. The standard InChI is InChI=1S/C23H27NO3/c1-14(2)13-27-20-9-5-8-18-16-6-4-7-17(16)22(24-23(18)20)15-10-11-19(25)21(12-15)26-3/h4-6,8-12,14,16-17,22,24-25H,7,13H2,1-3H3. The largest absolute Gasteiger partial charge is 0.504 e. The van der Waals surface area contributed by atoms with Gasteiger partial charge in [0.1, 0.15) is 5.75 Å². The molecule has 3 atom stereocenters. The van der Waals surface area contributed by atoms with Crippen LogP contribution in [0.4, 0.5) is 5.69 Å². The number of ether oxygens (including phenoxy) is 2. The van der Waals surface area contributed by atoms with Gasteiger partial charge in [-0.25, -0.2) is 0 Å².